The number of morpholine rings is 2. The number of Topliss-reactive ketones (excluding diaryl/α,β-unsaturated/α-hetero) is 1. The van der Waals surface area contributed by atoms with E-state index < -0.39 is 0 Å². The number of nitriles is 1. The van der Waals surface area contributed by atoms with Gasteiger partial charge in [0, 0.05) is 54.8 Å². The number of nitrogen functional groups attached to an aromatic ring is 1. The molecule has 11 heteroatoms. The van der Waals surface area contributed by atoms with Crippen molar-refractivity contribution in [3.8, 4) is 17.3 Å². The van der Waals surface area contributed by atoms with E-state index >= 15 is 0 Å². The second kappa shape index (κ2) is 12.3. The molecule has 0 unspecified atom stereocenters. The molecule has 3 aromatic heterocycles. The van der Waals surface area contributed by atoms with E-state index in [1.165, 1.54) is 0 Å². The number of aryl methyl sites for hydroxylation is 2. The van der Waals surface area contributed by atoms with E-state index in [2.05, 4.69) is 36.0 Å². The highest BCUT2D eigenvalue weighted by Gasteiger charge is 2.16. The van der Waals surface area contributed by atoms with E-state index in [-0.39, 0.29) is 12.2 Å². The van der Waals surface area contributed by atoms with Gasteiger partial charge in [0.05, 0.1) is 44.6 Å². The van der Waals surface area contributed by atoms with Gasteiger partial charge >= 0.3 is 0 Å². The first-order chi connectivity index (χ1) is 17.9. The molecule has 2 fully saturated rings. The number of nitrogens with one attached hydrogen (secondary N) is 1. The number of carbonyl (C=O) groups excluding carboxylic acids is 1. The Morgan fingerprint density at radius 2 is 1.51 bits per heavy atom. The Morgan fingerprint density at radius 1 is 0.946 bits per heavy atom. The number of aromatic nitrogens is 4. The summed E-state index contributed by atoms with van der Waals surface area (Å²) in [6.07, 6.45) is -0.0913. The van der Waals surface area contributed by atoms with Crippen LogP contribution in [0.2, 0.25) is 0 Å². The second-order valence-corrected chi connectivity index (χ2v) is 8.87. The van der Waals surface area contributed by atoms with Crippen molar-refractivity contribution in [1.82, 2.24) is 20.2 Å². The average Bonchev–Trinajstić information content (AvgIpc) is 3.36. The van der Waals surface area contributed by atoms with Gasteiger partial charge in [0.2, 0.25) is 0 Å². The fourth-order valence-corrected chi connectivity index (χ4v) is 4.19. The lowest BCUT2D eigenvalue weighted by molar-refractivity contribution is 0.0997. The number of carbonyl (C=O) groups is 1. The molecule has 37 heavy (non-hydrogen) atoms. The Kier molecular flexibility index (Phi) is 8.66. The maximum absolute atomic E-state index is 11.7. The number of H-pyrrole nitrogens is 1. The van der Waals surface area contributed by atoms with Gasteiger partial charge in [-0.1, -0.05) is 0 Å². The van der Waals surface area contributed by atoms with Gasteiger partial charge < -0.3 is 25.0 Å². The van der Waals surface area contributed by atoms with Crippen molar-refractivity contribution in [3.63, 3.8) is 0 Å². The van der Waals surface area contributed by atoms with Gasteiger partial charge in [-0.05, 0) is 38.1 Å². The van der Waals surface area contributed by atoms with Crippen molar-refractivity contribution in [2.75, 3.05) is 68.1 Å². The standard InChI is InChI=1S/C13H17N5O.C13H15N3O2/c1-9-6-10(11-8-12(14)17-16-11)7-13(15-9)18-2-4-19-5-3-18;1-10-8-11(12(17)2-3-14)9-13(15-10)16-4-6-18-7-5-16/h6-8H,2-5H2,1H3,(H3,14,16,17);8-9H,2,4-7H2,1H3. The van der Waals surface area contributed by atoms with Crippen molar-refractivity contribution in [2.24, 2.45) is 0 Å². The van der Waals surface area contributed by atoms with Crippen LogP contribution in [0.25, 0.3) is 11.3 Å². The number of hydrogen-bond donors (Lipinski definition) is 2. The summed E-state index contributed by atoms with van der Waals surface area (Å²) in [4.78, 5) is 25.1. The van der Waals surface area contributed by atoms with Crippen LogP contribution in [0.3, 0.4) is 0 Å². The molecule has 5 rings (SSSR count). The van der Waals surface area contributed by atoms with E-state index in [1.54, 1.807) is 12.1 Å². The van der Waals surface area contributed by atoms with E-state index in [4.69, 9.17) is 20.5 Å². The number of aromatic amines is 1. The molecule has 0 aliphatic carbocycles. The van der Waals surface area contributed by atoms with Crippen LogP contribution in [0.1, 0.15) is 28.2 Å². The number of nitrogens with two attached hydrogens (primary N) is 1. The third-order valence-corrected chi connectivity index (χ3v) is 6.02. The molecule has 0 atom stereocenters. The van der Waals surface area contributed by atoms with Crippen molar-refractivity contribution in [1.29, 1.82) is 5.26 Å². The van der Waals surface area contributed by atoms with Gasteiger partial charge in [0.1, 0.15) is 17.5 Å². The molecule has 0 saturated carbocycles. The Bertz CT molecular complexity index is 1260. The number of rotatable bonds is 5. The maximum atomic E-state index is 11.7. The molecular formula is C26H32N8O3. The minimum atomic E-state index is -0.155. The molecule has 0 aromatic carbocycles. The normalized spacial score (nSPS) is 15.5. The quantitative estimate of drug-likeness (QED) is 0.497. The molecule has 0 spiro atoms. The summed E-state index contributed by atoms with van der Waals surface area (Å²) >= 11 is 0. The van der Waals surface area contributed by atoms with Crippen molar-refractivity contribution < 1.29 is 14.3 Å². The van der Waals surface area contributed by atoms with Gasteiger partial charge in [0.25, 0.3) is 0 Å². The maximum Gasteiger partial charge on any atom is 0.177 e. The van der Waals surface area contributed by atoms with Crippen LogP contribution in [-0.4, -0.2) is 78.6 Å². The summed E-state index contributed by atoms with van der Waals surface area (Å²) in [5.74, 6) is 2.11. The minimum absolute atomic E-state index is 0.0913. The summed E-state index contributed by atoms with van der Waals surface area (Å²) in [5.41, 5.74) is 9.95. The highest BCUT2D eigenvalue weighted by molar-refractivity contribution is 5.98. The Labute approximate surface area is 216 Å². The molecular weight excluding hydrogens is 472 g/mol. The highest BCUT2D eigenvalue weighted by atomic mass is 16.5. The fraction of sp³-hybridized carbons (Fsp3) is 0.423. The third kappa shape index (κ3) is 7.03. The number of nitrogens with zero attached hydrogens (tertiary/aromatic N) is 6. The predicted molar refractivity (Wildman–Crippen MR) is 141 cm³/mol. The van der Waals surface area contributed by atoms with Crippen LogP contribution in [-0.2, 0) is 9.47 Å². The van der Waals surface area contributed by atoms with Crippen LogP contribution in [0, 0.1) is 25.2 Å². The summed E-state index contributed by atoms with van der Waals surface area (Å²) in [6.45, 7) is 10.0. The van der Waals surface area contributed by atoms with Gasteiger partial charge in [-0.15, -0.1) is 0 Å². The van der Waals surface area contributed by atoms with Crippen LogP contribution in [0.15, 0.2) is 30.3 Å². The first kappa shape index (κ1) is 26.1. The molecule has 2 aliphatic rings. The van der Waals surface area contributed by atoms with Crippen molar-refractivity contribution >= 4 is 23.2 Å². The lowest BCUT2D eigenvalue weighted by atomic mass is 10.1. The van der Waals surface area contributed by atoms with E-state index in [0.29, 0.717) is 24.6 Å². The van der Waals surface area contributed by atoms with E-state index in [0.717, 1.165) is 73.7 Å². The predicted octanol–water partition coefficient (Wildman–Crippen LogP) is 2.52. The molecule has 5 heterocycles. The topological polar surface area (TPSA) is 146 Å². The van der Waals surface area contributed by atoms with E-state index in [9.17, 15) is 4.79 Å². The number of ketones is 1. The summed E-state index contributed by atoms with van der Waals surface area (Å²) in [7, 11) is 0. The third-order valence-electron chi connectivity index (χ3n) is 6.02. The highest BCUT2D eigenvalue weighted by Crippen LogP contribution is 2.24. The summed E-state index contributed by atoms with van der Waals surface area (Å²) in [5, 5.41) is 15.5. The molecule has 2 aliphatic heterocycles. The molecule has 11 nitrogen and oxygen atoms in total. The molecule has 0 amide bonds. The zero-order valence-electron chi connectivity index (χ0n) is 21.2. The Balaban J connectivity index is 0.000000173. The molecule has 0 radical (unpaired) electrons. The van der Waals surface area contributed by atoms with Gasteiger partial charge in [0.15, 0.2) is 5.78 Å². The Hall–Kier alpha value is -4.01. The molecule has 3 aromatic rings. The molecule has 194 valence electrons. The van der Waals surface area contributed by atoms with Crippen LogP contribution in [0.5, 0.6) is 0 Å². The van der Waals surface area contributed by atoms with Crippen LogP contribution < -0.4 is 15.5 Å². The summed E-state index contributed by atoms with van der Waals surface area (Å²) in [6, 6.07) is 11.3. The van der Waals surface area contributed by atoms with Crippen LogP contribution in [0.4, 0.5) is 17.5 Å². The van der Waals surface area contributed by atoms with Gasteiger partial charge in [-0.3, -0.25) is 9.89 Å². The largest absolute Gasteiger partial charge is 0.382 e. The summed E-state index contributed by atoms with van der Waals surface area (Å²) < 4.78 is 10.7. The average molecular weight is 505 g/mol. The SMILES string of the molecule is Cc1cc(-c2cc(N)n[nH]2)cc(N2CCOCC2)n1.Cc1cc(C(=O)CC#N)cc(N2CCOCC2)n1. The van der Waals surface area contributed by atoms with Crippen LogP contribution >= 0.6 is 0 Å². The van der Waals surface area contributed by atoms with Crippen molar-refractivity contribution in [3.05, 3.63) is 47.3 Å². The zero-order chi connectivity index (χ0) is 26.2. The number of anilines is 3. The van der Waals surface area contributed by atoms with Gasteiger partial charge in [-0.25, -0.2) is 9.97 Å². The monoisotopic (exact) mass is 504 g/mol. The fourth-order valence-electron chi connectivity index (χ4n) is 4.19. The van der Waals surface area contributed by atoms with Crippen molar-refractivity contribution in [2.45, 2.75) is 20.3 Å². The zero-order valence-corrected chi connectivity index (χ0v) is 21.2. The molecule has 0 bridgehead atoms. The number of ether oxygens (including phenoxy) is 2. The molecule has 3 N–H and O–H groups in total. The lowest BCUT2D eigenvalue weighted by Gasteiger charge is -2.28. The second-order valence-electron chi connectivity index (χ2n) is 8.87. The minimum Gasteiger partial charge on any atom is -0.382 e. The number of pyridine rings is 2. The van der Waals surface area contributed by atoms with E-state index in [1.807, 2.05) is 32.0 Å². The van der Waals surface area contributed by atoms with Gasteiger partial charge in [-0.2, -0.15) is 10.4 Å². The molecule has 2 saturated heterocycles. The smallest absolute Gasteiger partial charge is 0.177 e. The first-order valence-electron chi connectivity index (χ1n) is 12.3. The lowest BCUT2D eigenvalue weighted by Crippen LogP contribution is -2.37. The number of hydrogen-bond acceptors (Lipinski definition) is 10. The first-order valence-corrected chi connectivity index (χ1v) is 12.3. The Morgan fingerprint density at radius 3 is 2.05 bits per heavy atom.